The van der Waals surface area contributed by atoms with Gasteiger partial charge in [-0.1, -0.05) is 13.8 Å². The Morgan fingerprint density at radius 2 is 2.20 bits per heavy atom. The molecule has 1 aliphatic heterocycles. The molecule has 0 bridgehead atoms. The molecular weight excluding hydrogens is 126 g/mol. The molecule has 1 fully saturated rings. The van der Waals surface area contributed by atoms with Gasteiger partial charge in [0.25, 0.3) is 0 Å². The zero-order chi connectivity index (χ0) is 7.56. The average Bonchev–Trinajstić information content (AvgIpc) is 1.88. The van der Waals surface area contributed by atoms with Gasteiger partial charge in [0.1, 0.15) is 32.8 Å². The van der Waals surface area contributed by atoms with Crippen molar-refractivity contribution in [3.05, 3.63) is 0 Å². The smallest absolute Gasteiger partial charge is 0.149 e. The van der Waals surface area contributed by atoms with Gasteiger partial charge in [0.05, 0.1) is 0 Å². The fourth-order valence-electron chi connectivity index (χ4n) is 1.21. The van der Waals surface area contributed by atoms with Crippen molar-refractivity contribution in [1.82, 2.24) is 4.90 Å². The fourth-order valence-corrected chi connectivity index (χ4v) is 1.21. The number of ether oxygens (including phenoxy) is 1. The number of rotatable bonds is 1. The lowest BCUT2D eigenvalue weighted by Crippen LogP contribution is -2.45. The first kappa shape index (κ1) is 8.02. The fraction of sp³-hybridized carbons (Fsp3) is 1.00. The van der Waals surface area contributed by atoms with E-state index >= 15 is 0 Å². The highest BCUT2D eigenvalue weighted by Crippen LogP contribution is 2.10. The van der Waals surface area contributed by atoms with Gasteiger partial charge in [-0.05, 0) is 5.92 Å². The first-order valence-electron chi connectivity index (χ1n) is 4.00. The Labute approximate surface area is 63.2 Å². The summed E-state index contributed by atoms with van der Waals surface area (Å²) in [4.78, 5) is 2.33. The summed E-state index contributed by atoms with van der Waals surface area (Å²) in [6.45, 7) is 7.51. The topological polar surface area (TPSA) is 15.1 Å². The standard InChI is InChI=1S/C8H17NO/c1-7(2)8-6-9(3)4-5-10-8/h7-8H,4-6H2,1-3H3/q+1. The molecule has 1 heterocycles. The van der Waals surface area contributed by atoms with E-state index < -0.39 is 0 Å². The highest BCUT2D eigenvalue weighted by molar-refractivity contribution is 4.74. The van der Waals surface area contributed by atoms with Crippen LogP contribution >= 0.6 is 0 Å². The van der Waals surface area contributed by atoms with Gasteiger partial charge in [0.15, 0.2) is 0 Å². The van der Waals surface area contributed by atoms with Crippen LogP contribution in [-0.2, 0) is 4.74 Å². The van der Waals surface area contributed by atoms with E-state index in [4.69, 9.17) is 4.74 Å². The lowest BCUT2D eigenvalue weighted by Gasteiger charge is -2.25. The molecular formula is C8H17NO+. The Bertz CT molecular complexity index is 103. The van der Waals surface area contributed by atoms with Gasteiger partial charge in [0.2, 0.25) is 0 Å². The maximum absolute atomic E-state index is 5.57. The lowest BCUT2D eigenvalue weighted by molar-refractivity contribution is -0.0186. The Morgan fingerprint density at radius 3 is 2.60 bits per heavy atom. The molecule has 1 aliphatic rings. The van der Waals surface area contributed by atoms with Crippen LogP contribution in [0.4, 0.5) is 0 Å². The second-order valence-electron chi connectivity index (χ2n) is 3.42. The van der Waals surface area contributed by atoms with Crippen LogP contribution in [0.1, 0.15) is 13.8 Å². The molecule has 0 amide bonds. The Kier molecular flexibility index (Phi) is 2.69. The molecule has 1 saturated heterocycles. The van der Waals surface area contributed by atoms with Crippen LogP contribution in [0.25, 0.3) is 0 Å². The van der Waals surface area contributed by atoms with E-state index in [2.05, 4.69) is 25.8 Å². The van der Waals surface area contributed by atoms with Crippen LogP contribution in [-0.4, -0.2) is 32.8 Å². The summed E-state index contributed by atoms with van der Waals surface area (Å²) in [6, 6.07) is 0. The molecule has 1 radical (unpaired) electrons. The van der Waals surface area contributed by atoms with Gasteiger partial charge in [-0.3, -0.25) is 0 Å². The number of morpholine rings is 1. The molecule has 10 heavy (non-hydrogen) atoms. The quantitative estimate of drug-likeness (QED) is 0.496. The molecule has 1 atom stereocenters. The van der Waals surface area contributed by atoms with Crippen molar-refractivity contribution in [2.24, 2.45) is 5.92 Å². The van der Waals surface area contributed by atoms with Gasteiger partial charge >= 0.3 is 0 Å². The summed E-state index contributed by atoms with van der Waals surface area (Å²) in [5, 5.41) is 0. The molecule has 1 rings (SSSR count). The minimum Gasteiger partial charge on any atom is -0.366 e. The third kappa shape index (κ3) is 1.96. The minimum atomic E-state index is 0.457. The molecule has 0 aromatic carbocycles. The molecule has 1 unspecified atom stereocenters. The van der Waals surface area contributed by atoms with Crippen molar-refractivity contribution in [1.29, 1.82) is 0 Å². The second-order valence-corrected chi connectivity index (χ2v) is 3.42. The van der Waals surface area contributed by atoms with Gasteiger partial charge in [0, 0.05) is 0 Å². The van der Waals surface area contributed by atoms with Crippen LogP contribution in [0.3, 0.4) is 0 Å². The Morgan fingerprint density at radius 1 is 1.50 bits per heavy atom. The maximum Gasteiger partial charge on any atom is 0.149 e. The largest absolute Gasteiger partial charge is 0.366 e. The molecule has 59 valence electrons. The Hall–Kier alpha value is -0.0800. The lowest BCUT2D eigenvalue weighted by atomic mass is 10.1. The molecule has 0 N–H and O–H groups in total. The summed E-state index contributed by atoms with van der Waals surface area (Å²) in [7, 11) is 2.15. The number of nitrogens with zero attached hydrogens (tertiary/aromatic N) is 1. The zero-order valence-electron chi connectivity index (χ0n) is 7.13. The minimum absolute atomic E-state index is 0.457. The highest BCUT2D eigenvalue weighted by Gasteiger charge is 2.26. The van der Waals surface area contributed by atoms with Crippen molar-refractivity contribution in [3.63, 3.8) is 0 Å². The molecule has 0 aromatic heterocycles. The third-order valence-corrected chi connectivity index (χ3v) is 2.04. The zero-order valence-corrected chi connectivity index (χ0v) is 7.13. The summed E-state index contributed by atoms with van der Waals surface area (Å²) in [6.07, 6.45) is 0.457. The SMILES string of the molecule is CC(C)C1C[N+](C)CCO1. The van der Waals surface area contributed by atoms with Gasteiger partial charge in [-0.25, -0.2) is 0 Å². The van der Waals surface area contributed by atoms with E-state index in [0.29, 0.717) is 12.0 Å². The van der Waals surface area contributed by atoms with Crippen LogP contribution < -0.4 is 4.90 Å². The predicted octanol–water partition coefficient (Wildman–Crippen LogP) is 0.811. The summed E-state index contributed by atoms with van der Waals surface area (Å²) in [5.74, 6) is 0.655. The van der Waals surface area contributed by atoms with Crippen LogP contribution in [0.15, 0.2) is 0 Å². The monoisotopic (exact) mass is 143 g/mol. The number of likely N-dealkylation sites (N-methyl/N-ethyl adjacent to an activating group) is 1. The average molecular weight is 143 g/mol. The second kappa shape index (κ2) is 3.35. The van der Waals surface area contributed by atoms with E-state index in [9.17, 15) is 0 Å². The van der Waals surface area contributed by atoms with E-state index in [0.717, 1.165) is 19.7 Å². The van der Waals surface area contributed by atoms with Crippen LogP contribution in [0.5, 0.6) is 0 Å². The van der Waals surface area contributed by atoms with E-state index in [-0.39, 0.29) is 0 Å². The van der Waals surface area contributed by atoms with Crippen LogP contribution in [0.2, 0.25) is 0 Å². The van der Waals surface area contributed by atoms with Crippen molar-refractivity contribution in [2.75, 3.05) is 26.7 Å². The number of hydrogen-bond donors (Lipinski definition) is 0. The predicted molar refractivity (Wildman–Crippen MR) is 42.4 cm³/mol. The van der Waals surface area contributed by atoms with Crippen molar-refractivity contribution in [2.45, 2.75) is 20.0 Å². The highest BCUT2D eigenvalue weighted by atomic mass is 16.5. The van der Waals surface area contributed by atoms with Gasteiger partial charge in [-0.15, -0.1) is 0 Å². The third-order valence-electron chi connectivity index (χ3n) is 2.04. The summed E-state index contributed by atoms with van der Waals surface area (Å²) in [5.41, 5.74) is 0. The molecule has 2 nitrogen and oxygen atoms in total. The van der Waals surface area contributed by atoms with Crippen LogP contribution in [0, 0.1) is 5.92 Å². The van der Waals surface area contributed by atoms with Crippen molar-refractivity contribution >= 4 is 0 Å². The molecule has 0 spiro atoms. The van der Waals surface area contributed by atoms with E-state index in [1.807, 2.05) is 0 Å². The molecule has 0 aromatic rings. The molecule has 2 heteroatoms. The number of hydrogen-bond acceptors (Lipinski definition) is 2. The summed E-state index contributed by atoms with van der Waals surface area (Å²) < 4.78 is 5.57. The van der Waals surface area contributed by atoms with E-state index in [1.54, 1.807) is 0 Å². The Balaban J connectivity index is 2.32. The van der Waals surface area contributed by atoms with E-state index in [1.165, 1.54) is 0 Å². The summed E-state index contributed by atoms with van der Waals surface area (Å²) >= 11 is 0. The maximum atomic E-state index is 5.57. The first-order chi connectivity index (χ1) is 4.70. The normalized spacial score (nSPS) is 29.4. The molecule has 0 saturated carbocycles. The first-order valence-corrected chi connectivity index (χ1v) is 4.00. The van der Waals surface area contributed by atoms with Crippen molar-refractivity contribution < 1.29 is 4.74 Å². The van der Waals surface area contributed by atoms with Gasteiger partial charge < -0.3 is 4.74 Å². The van der Waals surface area contributed by atoms with Gasteiger partial charge in [-0.2, -0.15) is 4.90 Å². The van der Waals surface area contributed by atoms with Crippen molar-refractivity contribution in [3.8, 4) is 0 Å². The molecule has 0 aliphatic carbocycles.